The molecule has 1 aliphatic rings. The smallest absolute Gasteiger partial charge is 0.390 e. The number of aryl methyl sites for hydroxylation is 1. The van der Waals surface area contributed by atoms with Crippen molar-refractivity contribution >= 4 is 5.91 Å². The second kappa shape index (κ2) is 6.05. The predicted molar refractivity (Wildman–Crippen MR) is 68.6 cm³/mol. The Morgan fingerprint density at radius 1 is 1.48 bits per heavy atom. The summed E-state index contributed by atoms with van der Waals surface area (Å²) in [6.07, 6.45) is -2.55. The molecule has 0 aliphatic carbocycles. The first-order valence-corrected chi connectivity index (χ1v) is 6.81. The van der Waals surface area contributed by atoms with E-state index in [0.29, 0.717) is 13.0 Å². The highest BCUT2D eigenvalue weighted by molar-refractivity contribution is 5.93. The molecule has 0 bridgehead atoms. The van der Waals surface area contributed by atoms with E-state index in [4.69, 9.17) is 0 Å². The van der Waals surface area contributed by atoms with Gasteiger partial charge in [-0.25, -0.2) is 0 Å². The van der Waals surface area contributed by atoms with E-state index in [-0.39, 0.29) is 30.5 Å². The minimum absolute atomic E-state index is 0.193. The molecular weight excluding hydrogens is 287 g/mol. The average molecular weight is 305 g/mol. The van der Waals surface area contributed by atoms with Gasteiger partial charge in [0.1, 0.15) is 0 Å². The summed E-state index contributed by atoms with van der Waals surface area (Å²) < 4.78 is 37.5. The maximum atomic E-state index is 12.2. The van der Waals surface area contributed by atoms with Gasteiger partial charge in [-0.2, -0.15) is 18.3 Å². The molecule has 118 valence electrons. The maximum Gasteiger partial charge on any atom is 0.390 e. The van der Waals surface area contributed by atoms with Gasteiger partial charge in [0.25, 0.3) is 5.91 Å². The van der Waals surface area contributed by atoms with E-state index in [1.54, 1.807) is 0 Å². The number of aliphatic hydroxyl groups excluding tert-OH is 1. The van der Waals surface area contributed by atoms with Gasteiger partial charge in [-0.3, -0.25) is 9.48 Å². The minimum Gasteiger partial charge on any atom is -0.391 e. The van der Waals surface area contributed by atoms with Crippen LogP contribution >= 0.6 is 0 Å². The molecule has 1 saturated heterocycles. The van der Waals surface area contributed by atoms with Crippen molar-refractivity contribution in [2.75, 3.05) is 13.1 Å². The lowest BCUT2D eigenvalue weighted by Crippen LogP contribution is -2.45. The first kappa shape index (κ1) is 15.8. The van der Waals surface area contributed by atoms with Crippen LogP contribution in [0.5, 0.6) is 0 Å². The normalized spacial score (nSPS) is 23.4. The highest BCUT2D eigenvalue weighted by Crippen LogP contribution is 2.21. The van der Waals surface area contributed by atoms with Crippen LogP contribution in [0.3, 0.4) is 0 Å². The fraction of sp³-hybridized carbons (Fsp3) is 0.692. The molecule has 8 heteroatoms. The second-order valence-electron chi connectivity index (χ2n) is 5.56. The third-order valence-electron chi connectivity index (χ3n) is 3.43. The van der Waals surface area contributed by atoms with E-state index in [0.717, 1.165) is 4.68 Å². The standard InChI is InChI=1S/C13H18F3N3O2/c1-9-4-11(20)8-18(6-9)12(21)10-5-17-19(7-10)3-2-13(14,15)16/h5,7,9,11,20H,2-4,6,8H2,1H3. The van der Waals surface area contributed by atoms with Gasteiger partial charge in [0.05, 0.1) is 24.3 Å². The molecule has 0 radical (unpaired) electrons. The molecule has 2 heterocycles. The molecule has 1 aromatic rings. The monoisotopic (exact) mass is 305 g/mol. The van der Waals surface area contributed by atoms with Gasteiger partial charge >= 0.3 is 6.18 Å². The molecular formula is C13H18F3N3O2. The van der Waals surface area contributed by atoms with E-state index in [1.165, 1.54) is 17.3 Å². The van der Waals surface area contributed by atoms with Crippen molar-refractivity contribution in [2.45, 2.75) is 38.6 Å². The number of β-amino-alcohol motifs (C(OH)–C–C–N with tert-alkyl or cyclic N) is 1. The third-order valence-corrected chi connectivity index (χ3v) is 3.43. The van der Waals surface area contributed by atoms with Crippen LogP contribution in [0.2, 0.25) is 0 Å². The van der Waals surface area contributed by atoms with Gasteiger partial charge in [0.2, 0.25) is 0 Å². The largest absolute Gasteiger partial charge is 0.391 e. The Balaban J connectivity index is 1.98. The summed E-state index contributed by atoms with van der Waals surface area (Å²) in [6.45, 7) is 2.41. The lowest BCUT2D eigenvalue weighted by atomic mass is 9.97. The Morgan fingerprint density at radius 2 is 2.19 bits per heavy atom. The third kappa shape index (κ3) is 4.45. The van der Waals surface area contributed by atoms with Crippen molar-refractivity contribution < 1.29 is 23.1 Å². The zero-order chi connectivity index (χ0) is 15.6. The SMILES string of the molecule is CC1CC(O)CN(C(=O)c2cnn(CCC(F)(F)F)c2)C1. The first-order valence-electron chi connectivity index (χ1n) is 6.81. The van der Waals surface area contributed by atoms with Crippen LogP contribution in [0.15, 0.2) is 12.4 Å². The number of piperidine rings is 1. The van der Waals surface area contributed by atoms with E-state index in [2.05, 4.69) is 5.10 Å². The molecule has 21 heavy (non-hydrogen) atoms. The zero-order valence-corrected chi connectivity index (χ0v) is 11.7. The number of hydrogen-bond acceptors (Lipinski definition) is 3. The molecule has 1 fully saturated rings. The van der Waals surface area contributed by atoms with Crippen LogP contribution < -0.4 is 0 Å². The summed E-state index contributed by atoms with van der Waals surface area (Å²) >= 11 is 0. The number of aromatic nitrogens is 2. The van der Waals surface area contributed by atoms with Gasteiger partial charge < -0.3 is 10.0 Å². The first-order chi connectivity index (χ1) is 9.74. The molecule has 2 atom stereocenters. The highest BCUT2D eigenvalue weighted by Gasteiger charge is 2.29. The summed E-state index contributed by atoms with van der Waals surface area (Å²) in [7, 11) is 0. The number of carbonyl (C=O) groups excluding carboxylic acids is 1. The molecule has 2 unspecified atom stereocenters. The van der Waals surface area contributed by atoms with Gasteiger partial charge in [-0.05, 0) is 12.3 Å². The van der Waals surface area contributed by atoms with E-state index in [9.17, 15) is 23.1 Å². The Labute approximate surface area is 120 Å². The number of halogens is 3. The molecule has 0 aromatic carbocycles. The van der Waals surface area contributed by atoms with Gasteiger partial charge in [0, 0.05) is 25.8 Å². The zero-order valence-electron chi connectivity index (χ0n) is 11.7. The van der Waals surface area contributed by atoms with Gasteiger partial charge in [-0.1, -0.05) is 6.92 Å². The summed E-state index contributed by atoms with van der Waals surface area (Å²) in [5, 5.41) is 13.5. The highest BCUT2D eigenvalue weighted by atomic mass is 19.4. The van der Waals surface area contributed by atoms with Crippen LogP contribution in [0, 0.1) is 5.92 Å². The minimum atomic E-state index is -4.25. The quantitative estimate of drug-likeness (QED) is 0.924. The van der Waals surface area contributed by atoms with E-state index < -0.39 is 18.7 Å². The van der Waals surface area contributed by atoms with Crippen LogP contribution in [0.4, 0.5) is 13.2 Å². The summed E-state index contributed by atoms with van der Waals surface area (Å²) in [5.41, 5.74) is 0.249. The number of carbonyl (C=O) groups is 1. The van der Waals surface area contributed by atoms with Crippen molar-refractivity contribution in [3.8, 4) is 0 Å². The molecule has 5 nitrogen and oxygen atoms in total. The molecule has 2 rings (SSSR count). The number of nitrogens with zero attached hydrogens (tertiary/aromatic N) is 3. The number of hydrogen-bond donors (Lipinski definition) is 1. The molecule has 1 aromatic heterocycles. The fourth-order valence-corrected chi connectivity index (χ4v) is 2.50. The Bertz CT molecular complexity index is 491. The van der Waals surface area contributed by atoms with Crippen LogP contribution in [0.25, 0.3) is 0 Å². The molecule has 1 N–H and O–H groups in total. The lowest BCUT2D eigenvalue weighted by Gasteiger charge is -2.33. The van der Waals surface area contributed by atoms with Gasteiger partial charge in [0.15, 0.2) is 0 Å². The summed E-state index contributed by atoms with van der Waals surface area (Å²) in [6, 6.07) is 0. The van der Waals surface area contributed by atoms with Crippen molar-refractivity contribution in [3.63, 3.8) is 0 Å². The van der Waals surface area contributed by atoms with Gasteiger partial charge in [-0.15, -0.1) is 0 Å². The number of rotatable bonds is 3. The Kier molecular flexibility index (Phi) is 4.55. The number of alkyl halides is 3. The van der Waals surface area contributed by atoms with Crippen molar-refractivity contribution in [2.24, 2.45) is 5.92 Å². The topological polar surface area (TPSA) is 58.4 Å². The lowest BCUT2D eigenvalue weighted by molar-refractivity contribution is -0.137. The van der Waals surface area contributed by atoms with E-state index in [1.807, 2.05) is 6.92 Å². The Hall–Kier alpha value is -1.57. The predicted octanol–water partition coefficient (Wildman–Crippen LogP) is 1.68. The average Bonchev–Trinajstić information content (AvgIpc) is 2.82. The fourth-order valence-electron chi connectivity index (χ4n) is 2.50. The van der Waals surface area contributed by atoms with Crippen molar-refractivity contribution in [1.29, 1.82) is 0 Å². The Morgan fingerprint density at radius 3 is 2.81 bits per heavy atom. The van der Waals surface area contributed by atoms with Crippen LogP contribution in [-0.4, -0.2) is 51.1 Å². The molecule has 1 amide bonds. The van der Waals surface area contributed by atoms with Crippen molar-refractivity contribution in [3.05, 3.63) is 18.0 Å². The number of amides is 1. The van der Waals surface area contributed by atoms with E-state index >= 15 is 0 Å². The molecule has 1 aliphatic heterocycles. The maximum absolute atomic E-state index is 12.2. The second-order valence-corrected chi connectivity index (χ2v) is 5.56. The number of aliphatic hydroxyl groups is 1. The summed E-state index contributed by atoms with van der Waals surface area (Å²) in [4.78, 5) is 13.8. The van der Waals surface area contributed by atoms with Crippen LogP contribution in [0.1, 0.15) is 30.1 Å². The van der Waals surface area contributed by atoms with Crippen molar-refractivity contribution in [1.82, 2.24) is 14.7 Å². The number of likely N-dealkylation sites (tertiary alicyclic amines) is 1. The molecule has 0 saturated carbocycles. The molecule has 0 spiro atoms. The van der Waals surface area contributed by atoms with Crippen LogP contribution in [-0.2, 0) is 6.54 Å². The summed E-state index contributed by atoms with van der Waals surface area (Å²) in [5.74, 6) is -0.114.